The number of hydrazine groups is 1. The molecule has 6 nitrogen and oxygen atoms in total. The summed E-state index contributed by atoms with van der Waals surface area (Å²) in [6.07, 6.45) is 1.57. The number of furan rings is 1. The van der Waals surface area contributed by atoms with E-state index in [9.17, 15) is 0 Å². The molecule has 7 heteroatoms. The van der Waals surface area contributed by atoms with Gasteiger partial charge in [-0.15, -0.1) is 10.2 Å². The third-order valence-electron chi connectivity index (χ3n) is 2.24. The molecule has 3 N–H and O–H groups in total. The van der Waals surface area contributed by atoms with Gasteiger partial charge in [-0.3, -0.25) is 5.84 Å². The predicted octanol–water partition coefficient (Wildman–Crippen LogP) is 1.39. The van der Waals surface area contributed by atoms with Gasteiger partial charge in [-0.2, -0.15) is 0 Å². The van der Waals surface area contributed by atoms with E-state index in [0.29, 0.717) is 17.3 Å². The molecule has 0 aliphatic carbocycles. The Bertz CT molecular complexity index is 485. The highest BCUT2D eigenvalue weighted by atomic mass is 79.9. The number of hydrogen-bond donors (Lipinski definition) is 2. The molecule has 2 aromatic rings. The van der Waals surface area contributed by atoms with Crippen LogP contribution < -0.4 is 16.0 Å². The Morgan fingerprint density at radius 3 is 2.71 bits per heavy atom. The summed E-state index contributed by atoms with van der Waals surface area (Å²) in [6, 6.07) is 4.91. The van der Waals surface area contributed by atoms with Crippen LogP contribution in [0.1, 0.15) is 17.5 Å². The van der Waals surface area contributed by atoms with Gasteiger partial charge in [-0.05, 0) is 28.1 Å². The molecule has 0 spiro atoms. The smallest absolute Gasteiger partial charge is 0.233 e. The Morgan fingerprint density at radius 1 is 1.41 bits per heavy atom. The Kier molecular flexibility index (Phi) is 3.72. The second-order valence-corrected chi connectivity index (χ2v) is 4.09. The van der Waals surface area contributed by atoms with Crippen molar-refractivity contribution in [2.24, 2.45) is 5.84 Å². The van der Waals surface area contributed by atoms with Gasteiger partial charge >= 0.3 is 0 Å². The van der Waals surface area contributed by atoms with Gasteiger partial charge in [-0.1, -0.05) is 0 Å². The van der Waals surface area contributed by atoms with E-state index >= 15 is 0 Å². The first-order valence-electron chi connectivity index (χ1n) is 4.83. The SMILES string of the molecule is COc1ccc(C(NN)c2occc2Br)nn1. The second-order valence-electron chi connectivity index (χ2n) is 3.23. The van der Waals surface area contributed by atoms with Crippen molar-refractivity contribution in [3.05, 3.63) is 40.4 Å². The highest BCUT2D eigenvalue weighted by Gasteiger charge is 2.20. The number of ether oxygens (including phenoxy) is 1. The minimum Gasteiger partial charge on any atom is -0.480 e. The van der Waals surface area contributed by atoms with Gasteiger partial charge in [0.15, 0.2) is 0 Å². The largest absolute Gasteiger partial charge is 0.480 e. The van der Waals surface area contributed by atoms with Crippen molar-refractivity contribution in [3.8, 4) is 5.88 Å². The van der Waals surface area contributed by atoms with E-state index in [1.165, 1.54) is 7.11 Å². The lowest BCUT2D eigenvalue weighted by atomic mass is 10.1. The Balaban J connectivity index is 2.32. The molecule has 0 radical (unpaired) electrons. The summed E-state index contributed by atoms with van der Waals surface area (Å²) in [5, 5.41) is 7.90. The average molecular weight is 299 g/mol. The molecule has 17 heavy (non-hydrogen) atoms. The van der Waals surface area contributed by atoms with Gasteiger partial charge in [-0.25, -0.2) is 5.43 Å². The lowest BCUT2D eigenvalue weighted by Gasteiger charge is -2.12. The molecule has 0 aliphatic heterocycles. The van der Waals surface area contributed by atoms with Crippen LogP contribution in [0.5, 0.6) is 5.88 Å². The molecule has 90 valence electrons. The first-order chi connectivity index (χ1) is 8.26. The van der Waals surface area contributed by atoms with Crippen LogP contribution >= 0.6 is 15.9 Å². The summed E-state index contributed by atoms with van der Waals surface area (Å²) in [6.45, 7) is 0. The minimum atomic E-state index is -0.363. The van der Waals surface area contributed by atoms with Gasteiger partial charge in [0, 0.05) is 6.07 Å². The number of nitrogens with zero attached hydrogens (tertiary/aromatic N) is 2. The number of nitrogens with two attached hydrogens (primary N) is 1. The molecular formula is C10H11BrN4O2. The molecule has 0 bridgehead atoms. The van der Waals surface area contributed by atoms with Crippen molar-refractivity contribution in [1.29, 1.82) is 0 Å². The molecule has 0 aliphatic rings. The van der Waals surface area contributed by atoms with Crippen molar-refractivity contribution in [1.82, 2.24) is 15.6 Å². The Labute approximate surface area is 106 Å². The number of aromatic nitrogens is 2. The number of methoxy groups -OCH3 is 1. The minimum absolute atomic E-state index is 0.363. The van der Waals surface area contributed by atoms with E-state index in [1.54, 1.807) is 24.5 Å². The molecule has 0 saturated carbocycles. The van der Waals surface area contributed by atoms with Gasteiger partial charge < -0.3 is 9.15 Å². The first-order valence-corrected chi connectivity index (χ1v) is 5.62. The number of hydrogen-bond acceptors (Lipinski definition) is 6. The maximum absolute atomic E-state index is 5.51. The van der Waals surface area contributed by atoms with E-state index in [2.05, 4.69) is 31.6 Å². The molecule has 1 unspecified atom stereocenters. The highest BCUT2D eigenvalue weighted by molar-refractivity contribution is 9.10. The van der Waals surface area contributed by atoms with E-state index in [-0.39, 0.29) is 6.04 Å². The molecule has 2 rings (SSSR count). The fraction of sp³-hybridized carbons (Fsp3) is 0.200. The summed E-state index contributed by atoms with van der Waals surface area (Å²) in [5.41, 5.74) is 3.27. The normalized spacial score (nSPS) is 12.4. The van der Waals surface area contributed by atoms with E-state index < -0.39 is 0 Å². The van der Waals surface area contributed by atoms with E-state index in [1.807, 2.05) is 0 Å². The highest BCUT2D eigenvalue weighted by Crippen LogP contribution is 2.28. The lowest BCUT2D eigenvalue weighted by molar-refractivity contribution is 0.388. The Hall–Kier alpha value is -1.44. The zero-order chi connectivity index (χ0) is 12.3. The van der Waals surface area contributed by atoms with Crippen molar-refractivity contribution in [3.63, 3.8) is 0 Å². The van der Waals surface area contributed by atoms with Crippen LogP contribution in [0.15, 0.2) is 33.4 Å². The summed E-state index contributed by atoms with van der Waals surface area (Å²) in [7, 11) is 1.53. The molecular weight excluding hydrogens is 288 g/mol. The molecule has 0 aromatic carbocycles. The van der Waals surface area contributed by atoms with Gasteiger partial charge in [0.2, 0.25) is 5.88 Å². The first kappa shape index (κ1) is 12.0. The lowest BCUT2D eigenvalue weighted by Crippen LogP contribution is -2.29. The standard InChI is InChI=1S/C10H11BrN4O2/c1-16-8-3-2-7(14-15-8)9(13-12)10-6(11)4-5-17-10/h2-5,9,13H,12H2,1H3. The summed E-state index contributed by atoms with van der Waals surface area (Å²) >= 11 is 3.37. The zero-order valence-corrected chi connectivity index (χ0v) is 10.6. The van der Waals surface area contributed by atoms with Gasteiger partial charge in [0.25, 0.3) is 0 Å². The Morgan fingerprint density at radius 2 is 2.24 bits per heavy atom. The van der Waals surface area contributed by atoms with Crippen LogP contribution in [0.25, 0.3) is 0 Å². The number of halogens is 1. The second kappa shape index (κ2) is 5.26. The van der Waals surface area contributed by atoms with Crippen molar-refractivity contribution in [2.45, 2.75) is 6.04 Å². The van der Waals surface area contributed by atoms with Crippen LogP contribution in [-0.2, 0) is 0 Å². The van der Waals surface area contributed by atoms with Crippen LogP contribution in [0, 0.1) is 0 Å². The fourth-order valence-electron chi connectivity index (χ4n) is 1.40. The third-order valence-corrected chi connectivity index (χ3v) is 2.89. The van der Waals surface area contributed by atoms with Crippen LogP contribution in [-0.4, -0.2) is 17.3 Å². The van der Waals surface area contributed by atoms with E-state index in [0.717, 1.165) is 4.47 Å². The summed E-state index contributed by atoms with van der Waals surface area (Å²) in [5.74, 6) is 6.60. The van der Waals surface area contributed by atoms with Crippen LogP contribution in [0.2, 0.25) is 0 Å². The quantitative estimate of drug-likeness (QED) is 0.655. The molecule has 0 saturated heterocycles. The molecule has 2 aromatic heterocycles. The molecule has 1 atom stereocenters. The third kappa shape index (κ3) is 2.46. The maximum atomic E-state index is 5.51. The monoisotopic (exact) mass is 298 g/mol. The topological polar surface area (TPSA) is 86.2 Å². The zero-order valence-electron chi connectivity index (χ0n) is 9.05. The summed E-state index contributed by atoms with van der Waals surface area (Å²) < 4.78 is 11.1. The molecule has 0 fully saturated rings. The predicted molar refractivity (Wildman–Crippen MR) is 64.2 cm³/mol. The van der Waals surface area contributed by atoms with Gasteiger partial charge in [0.05, 0.1) is 23.5 Å². The van der Waals surface area contributed by atoms with Crippen LogP contribution in [0.3, 0.4) is 0 Å². The number of nitrogens with one attached hydrogen (secondary N) is 1. The van der Waals surface area contributed by atoms with E-state index in [4.69, 9.17) is 15.0 Å². The maximum Gasteiger partial charge on any atom is 0.233 e. The van der Waals surface area contributed by atoms with Crippen molar-refractivity contribution in [2.75, 3.05) is 7.11 Å². The average Bonchev–Trinajstić information content (AvgIpc) is 2.78. The van der Waals surface area contributed by atoms with Crippen molar-refractivity contribution < 1.29 is 9.15 Å². The molecule has 2 heterocycles. The fourth-order valence-corrected chi connectivity index (χ4v) is 1.83. The molecule has 0 amide bonds. The number of rotatable bonds is 4. The van der Waals surface area contributed by atoms with Crippen LogP contribution in [0.4, 0.5) is 0 Å². The van der Waals surface area contributed by atoms with Gasteiger partial charge in [0.1, 0.15) is 11.8 Å². The van der Waals surface area contributed by atoms with Crippen molar-refractivity contribution >= 4 is 15.9 Å². The summed E-state index contributed by atoms with van der Waals surface area (Å²) in [4.78, 5) is 0.